The molecule has 19 heavy (non-hydrogen) atoms. The maximum atomic E-state index is 5.95. The Morgan fingerprint density at radius 3 is 2.84 bits per heavy atom. The number of morpholine rings is 1. The minimum atomic E-state index is 0.0436. The van der Waals surface area contributed by atoms with E-state index in [1.165, 1.54) is 24.9 Å². The zero-order chi connectivity index (χ0) is 13.5. The second-order valence-corrected chi connectivity index (χ2v) is 5.28. The maximum absolute atomic E-state index is 5.95. The van der Waals surface area contributed by atoms with Gasteiger partial charge in [-0.25, -0.2) is 0 Å². The summed E-state index contributed by atoms with van der Waals surface area (Å²) in [5.74, 6) is 0.922. The van der Waals surface area contributed by atoms with Crippen LogP contribution in [0.4, 0.5) is 0 Å². The van der Waals surface area contributed by atoms with Crippen LogP contribution in [0.3, 0.4) is 0 Å². The monoisotopic (exact) mass is 266 g/mol. The van der Waals surface area contributed by atoms with Crippen LogP contribution in [0.2, 0.25) is 0 Å². The Kier molecular flexibility index (Phi) is 5.89. The molecule has 0 unspecified atom stereocenters. The average molecular weight is 266 g/mol. The van der Waals surface area contributed by atoms with Crippen molar-refractivity contribution >= 4 is 0 Å². The van der Waals surface area contributed by atoms with Crippen molar-refractivity contribution in [3.63, 3.8) is 0 Å². The zero-order valence-corrected chi connectivity index (χ0v) is 11.9. The number of nitrogens with zero attached hydrogens (tertiary/aromatic N) is 1. The summed E-state index contributed by atoms with van der Waals surface area (Å²) < 4.78 is 10.9. The summed E-state index contributed by atoms with van der Waals surface area (Å²) in [6, 6.07) is 2.16. The molecule has 0 aliphatic carbocycles. The number of nitrogens with two attached hydrogens (primary N) is 1. The molecule has 108 valence electrons. The molecule has 4 nitrogen and oxygen atoms in total. The quantitative estimate of drug-likeness (QED) is 0.770. The zero-order valence-electron chi connectivity index (χ0n) is 11.9. The third-order valence-corrected chi connectivity index (χ3v) is 3.77. The second-order valence-electron chi connectivity index (χ2n) is 5.28. The van der Waals surface area contributed by atoms with Crippen LogP contribution in [0, 0.1) is 0 Å². The topological polar surface area (TPSA) is 51.6 Å². The van der Waals surface area contributed by atoms with Gasteiger partial charge in [-0.2, -0.15) is 0 Å². The van der Waals surface area contributed by atoms with Crippen molar-refractivity contribution in [2.24, 2.45) is 5.73 Å². The van der Waals surface area contributed by atoms with Crippen LogP contribution < -0.4 is 5.73 Å². The predicted molar refractivity (Wildman–Crippen MR) is 76.1 cm³/mol. The van der Waals surface area contributed by atoms with Gasteiger partial charge in [-0.3, -0.25) is 4.90 Å². The molecular formula is C15H26N2O2. The largest absolute Gasteiger partial charge is 0.467 e. The van der Waals surface area contributed by atoms with E-state index in [1.807, 2.05) is 6.26 Å². The summed E-state index contributed by atoms with van der Waals surface area (Å²) in [5, 5.41) is 0. The van der Waals surface area contributed by atoms with E-state index in [2.05, 4.69) is 17.9 Å². The highest BCUT2D eigenvalue weighted by atomic mass is 16.5. The molecule has 1 aliphatic rings. The van der Waals surface area contributed by atoms with Gasteiger partial charge >= 0.3 is 0 Å². The lowest BCUT2D eigenvalue weighted by atomic mass is 10.1. The summed E-state index contributed by atoms with van der Waals surface area (Å²) >= 11 is 0. The van der Waals surface area contributed by atoms with Crippen LogP contribution in [0.5, 0.6) is 0 Å². The summed E-state index contributed by atoms with van der Waals surface area (Å²) in [6.07, 6.45) is 6.31. The van der Waals surface area contributed by atoms with Gasteiger partial charge in [0, 0.05) is 13.1 Å². The van der Waals surface area contributed by atoms with E-state index in [0.717, 1.165) is 44.9 Å². The van der Waals surface area contributed by atoms with Crippen molar-refractivity contribution in [3.8, 4) is 0 Å². The molecule has 2 rings (SSSR count). The molecule has 2 heterocycles. The molecule has 0 radical (unpaired) electrons. The van der Waals surface area contributed by atoms with E-state index < -0.39 is 0 Å². The lowest BCUT2D eigenvalue weighted by molar-refractivity contribution is 0.0372. The van der Waals surface area contributed by atoms with Gasteiger partial charge in [-0.05, 0) is 43.9 Å². The third-order valence-electron chi connectivity index (χ3n) is 3.77. The van der Waals surface area contributed by atoms with E-state index in [0.29, 0.717) is 0 Å². The second kappa shape index (κ2) is 7.68. The van der Waals surface area contributed by atoms with Crippen molar-refractivity contribution in [2.75, 3.05) is 32.8 Å². The normalized spacial score (nSPS) is 18.6. The molecule has 1 fully saturated rings. The van der Waals surface area contributed by atoms with Gasteiger partial charge in [0.2, 0.25) is 0 Å². The number of hydrogen-bond donors (Lipinski definition) is 1. The Balaban J connectivity index is 1.63. The van der Waals surface area contributed by atoms with Crippen molar-refractivity contribution in [2.45, 2.75) is 38.6 Å². The van der Waals surface area contributed by atoms with Crippen molar-refractivity contribution in [3.05, 3.63) is 23.7 Å². The van der Waals surface area contributed by atoms with Gasteiger partial charge in [0.15, 0.2) is 0 Å². The summed E-state index contributed by atoms with van der Waals surface area (Å²) in [4.78, 5) is 2.48. The van der Waals surface area contributed by atoms with Crippen molar-refractivity contribution in [1.82, 2.24) is 4.90 Å². The number of ether oxygens (including phenoxy) is 1. The van der Waals surface area contributed by atoms with Gasteiger partial charge in [-0.1, -0.05) is 6.92 Å². The van der Waals surface area contributed by atoms with Gasteiger partial charge in [0.25, 0.3) is 0 Å². The first-order valence-corrected chi connectivity index (χ1v) is 7.42. The lowest BCUT2D eigenvalue weighted by Crippen LogP contribution is -2.36. The van der Waals surface area contributed by atoms with Crippen LogP contribution in [-0.4, -0.2) is 37.7 Å². The molecule has 1 atom stereocenters. The molecule has 0 spiro atoms. The highest BCUT2D eigenvalue weighted by Gasteiger charge is 2.10. The number of aryl methyl sites for hydroxylation is 1. The molecular weight excluding hydrogens is 240 g/mol. The highest BCUT2D eigenvalue weighted by molar-refractivity contribution is 5.15. The molecule has 0 saturated carbocycles. The van der Waals surface area contributed by atoms with Crippen molar-refractivity contribution in [1.29, 1.82) is 0 Å². The van der Waals surface area contributed by atoms with Crippen LogP contribution in [0.25, 0.3) is 0 Å². The molecule has 4 heteroatoms. The Morgan fingerprint density at radius 1 is 1.32 bits per heavy atom. The Bertz CT molecular complexity index is 359. The fourth-order valence-electron chi connectivity index (χ4n) is 2.41. The Hall–Kier alpha value is -0.840. The first kappa shape index (κ1) is 14.6. The van der Waals surface area contributed by atoms with E-state index in [4.69, 9.17) is 14.9 Å². The van der Waals surface area contributed by atoms with Crippen LogP contribution >= 0.6 is 0 Å². The Morgan fingerprint density at radius 2 is 2.11 bits per heavy atom. The SMILES string of the molecule is CC[C@@H](N)c1cc(CCCCN2CCOCC2)co1. The van der Waals surface area contributed by atoms with E-state index in [9.17, 15) is 0 Å². The molecule has 1 aromatic heterocycles. The van der Waals surface area contributed by atoms with Crippen molar-refractivity contribution < 1.29 is 9.15 Å². The van der Waals surface area contributed by atoms with E-state index in [1.54, 1.807) is 0 Å². The lowest BCUT2D eigenvalue weighted by Gasteiger charge is -2.26. The first-order valence-electron chi connectivity index (χ1n) is 7.42. The molecule has 1 aromatic rings. The molecule has 0 amide bonds. The molecule has 1 saturated heterocycles. The third kappa shape index (κ3) is 4.64. The van der Waals surface area contributed by atoms with Gasteiger partial charge in [-0.15, -0.1) is 0 Å². The van der Waals surface area contributed by atoms with E-state index in [-0.39, 0.29) is 6.04 Å². The van der Waals surface area contributed by atoms with Gasteiger partial charge in [0.05, 0.1) is 25.5 Å². The van der Waals surface area contributed by atoms with Gasteiger partial charge in [0.1, 0.15) is 5.76 Å². The predicted octanol–water partition coefficient (Wildman–Crippen LogP) is 2.34. The highest BCUT2D eigenvalue weighted by Crippen LogP contribution is 2.18. The Labute approximate surface area is 115 Å². The summed E-state index contributed by atoms with van der Waals surface area (Å²) in [6.45, 7) is 7.21. The van der Waals surface area contributed by atoms with Crippen LogP contribution in [-0.2, 0) is 11.2 Å². The average Bonchev–Trinajstić information content (AvgIpc) is 2.93. The van der Waals surface area contributed by atoms with E-state index >= 15 is 0 Å². The molecule has 2 N–H and O–H groups in total. The van der Waals surface area contributed by atoms with Crippen LogP contribution in [0.15, 0.2) is 16.7 Å². The summed E-state index contributed by atoms with van der Waals surface area (Å²) in [7, 11) is 0. The molecule has 1 aliphatic heterocycles. The fourth-order valence-corrected chi connectivity index (χ4v) is 2.41. The number of hydrogen-bond acceptors (Lipinski definition) is 4. The minimum absolute atomic E-state index is 0.0436. The molecule has 0 bridgehead atoms. The van der Waals surface area contributed by atoms with Crippen LogP contribution in [0.1, 0.15) is 43.6 Å². The number of rotatable bonds is 7. The maximum Gasteiger partial charge on any atom is 0.120 e. The fraction of sp³-hybridized carbons (Fsp3) is 0.733. The standard InChI is InChI=1S/C15H26N2O2/c1-2-14(16)15-11-13(12-19-15)5-3-4-6-17-7-9-18-10-8-17/h11-12,14H,2-10,16H2,1H3/t14-/m1/s1. The smallest absolute Gasteiger partial charge is 0.120 e. The minimum Gasteiger partial charge on any atom is -0.467 e. The first-order chi connectivity index (χ1) is 9.29. The number of unbranched alkanes of at least 4 members (excludes halogenated alkanes) is 1. The number of furan rings is 1. The summed E-state index contributed by atoms with van der Waals surface area (Å²) in [5.41, 5.74) is 7.23. The molecule has 0 aromatic carbocycles. The van der Waals surface area contributed by atoms with Gasteiger partial charge < -0.3 is 14.9 Å².